The predicted molar refractivity (Wildman–Crippen MR) is 221 cm³/mol. The van der Waals surface area contributed by atoms with Gasteiger partial charge in [-0.15, -0.1) is 0 Å². The number of halogens is 1. The number of Topliss-reactive ketones (excluding diaryl/α,β-unsaturated/α-hetero) is 1. The summed E-state index contributed by atoms with van der Waals surface area (Å²) in [6, 6.07) is 8.28. The number of carbonyl (C=O) groups is 3. The molecule has 5 aliphatic carbocycles. The molecule has 1 aromatic rings. The highest BCUT2D eigenvalue weighted by atomic mass is 35.5. The van der Waals surface area contributed by atoms with Crippen molar-refractivity contribution in [1.82, 2.24) is 9.80 Å². The molecule has 1 aromatic carbocycles. The molecule has 0 heterocycles. The largest absolute Gasteiger partial charge is 0.481 e. The number of rotatable bonds is 14. The average Bonchev–Trinajstić information content (AvgIpc) is 3.39. The molecule has 0 bridgehead atoms. The van der Waals surface area contributed by atoms with Crippen LogP contribution in [-0.2, 0) is 25.7 Å². The first-order valence-corrected chi connectivity index (χ1v) is 22.0. The summed E-state index contributed by atoms with van der Waals surface area (Å²) in [6.07, 6.45) is 10.7. The number of ether oxygens (including phenoxy) is 1. The maximum absolute atomic E-state index is 14.2. The summed E-state index contributed by atoms with van der Waals surface area (Å²) in [5.41, 5.74) is 3.77. The van der Waals surface area contributed by atoms with Gasteiger partial charge in [-0.2, -0.15) is 0 Å². The lowest BCUT2D eigenvalue weighted by Gasteiger charge is -2.67. The second-order valence-electron chi connectivity index (χ2n) is 20.7. The maximum atomic E-state index is 14.2. The highest BCUT2D eigenvalue weighted by Crippen LogP contribution is 2.72. The maximum Gasteiger partial charge on any atom is 0.306 e. The van der Waals surface area contributed by atoms with Crippen LogP contribution in [0.1, 0.15) is 131 Å². The van der Waals surface area contributed by atoms with Crippen LogP contribution in [0.15, 0.2) is 35.4 Å². The van der Waals surface area contributed by atoms with E-state index in [2.05, 4.69) is 70.6 Å². The Morgan fingerprint density at radius 1 is 0.927 bits per heavy atom. The van der Waals surface area contributed by atoms with Crippen molar-refractivity contribution >= 4 is 29.3 Å². The Morgan fingerprint density at radius 3 is 2.24 bits per heavy atom. The van der Waals surface area contributed by atoms with Crippen molar-refractivity contribution in [3.63, 3.8) is 0 Å². The Morgan fingerprint density at radius 2 is 1.58 bits per heavy atom. The van der Waals surface area contributed by atoms with Gasteiger partial charge in [0.05, 0.1) is 12.8 Å². The zero-order chi connectivity index (χ0) is 40.1. The summed E-state index contributed by atoms with van der Waals surface area (Å²) < 4.78 is 6.19. The van der Waals surface area contributed by atoms with E-state index in [4.69, 9.17) is 16.3 Å². The van der Waals surface area contributed by atoms with E-state index in [0.29, 0.717) is 35.9 Å². The second-order valence-corrected chi connectivity index (χ2v) is 21.1. The summed E-state index contributed by atoms with van der Waals surface area (Å²) in [7, 11) is 4.29. The molecule has 0 aliphatic heterocycles. The van der Waals surface area contributed by atoms with Crippen molar-refractivity contribution in [2.24, 2.45) is 57.2 Å². The molecule has 0 aromatic heterocycles. The molecule has 7 nitrogen and oxygen atoms in total. The van der Waals surface area contributed by atoms with Crippen LogP contribution in [0.4, 0.5) is 0 Å². The van der Waals surface area contributed by atoms with E-state index in [1.807, 2.05) is 26.0 Å². The van der Waals surface area contributed by atoms with Crippen molar-refractivity contribution < 1.29 is 24.2 Å². The third kappa shape index (κ3) is 8.51. The molecule has 0 amide bonds. The zero-order valence-electron chi connectivity index (χ0n) is 35.5. The topological polar surface area (TPSA) is 87.2 Å². The first-order valence-electron chi connectivity index (χ1n) is 21.6. The number of ketones is 1. The molecule has 0 saturated heterocycles. The van der Waals surface area contributed by atoms with E-state index in [9.17, 15) is 19.5 Å². The van der Waals surface area contributed by atoms with Gasteiger partial charge in [-0.05, 0) is 153 Å². The van der Waals surface area contributed by atoms with Crippen molar-refractivity contribution in [2.45, 2.75) is 138 Å². The number of nitrogens with zero attached hydrogens (tertiary/aromatic N) is 2. The van der Waals surface area contributed by atoms with Crippen LogP contribution >= 0.6 is 11.6 Å². The lowest BCUT2D eigenvalue weighted by atomic mass is 9.38. The molecule has 9 unspecified atom stereocenters. The summed E-state index contributed by atoms with van der Waals surface area (Å²) in [6.45, 7) is 19.5. The fraction of sp³-hybridized carbons (Fsp3) is 0.766. The molecule has 0 spiro atoms. The normalized spacial score (nSPS) is 34.7. The second kappa shape index (κ2) is 16.2. The molecule has 1 N–H and O–H groups in total. The molecule has 9 atom stereocenters. The van der Waals surface area contributed by atoms with Gasteiger partial charge in [0.25, 0.3) is 0 Å². The van der Waals surface area contributed by atoms with Gasteiger partial charge >= 0.3 is 11.9 Å². The van der Waals surface area contributed by atoms with Gasteiger partial charge in [-0.25, -0.2) is 0 Å². The molecule has 4 saturated carbocycles. The number of carbonyl (C=O) groups excluding carboxylic acids is 2. The lowest BCUT2D eigenvalue weighted by molar-refractivity contribution is -0.191. The molecule has 5 aliphatic rings. The van der Waals surface area contributed by atoms with Crippen LogP contribution in [0, 0.1) is 57.2 Å². The zero-order valence-corrected chi connectivity index (χ0v) is 36.3. The number of hydrogen-bond donors (Lipinski definition) is 1. The molecule has 4 fully saturated rings. The van der Waals surface area contributed by atoms with Crippen LogP contribution in [-0.4, -0.2) is 72.5 Å². The average molecular weight is 780 g/mol. The predicted octanol–water partition coefficient (Wildman–Crippen LogP) is 10.1. The number of fused-ring (bicyclic) bond motifs is 7. The quantitative estimate of drug-likeness (QED) is 0.188. The van der Waals surface area contributed by atoms with Crippen LogP contribution in [0.3, 0.4) is 0 Å². The summed E-state index contributed by atoms with van der Waals surface area (Å²) in [4.78, 5) is 43.5. The van der Waals surface area contributed by atoms with Crippen molar-refractivity contribution in [1.29, 1.82) is 0 Å². The SMILES string of the molecule is CC(C)C1=C2C3CCC4C(C)(CCC5C(C)C(OC(=O)CC(C)(C)CC(=O)O)CCC54C)C3CCC2(CCN(CCN(C)C)Cc2ccc(Cl)cc2)CC1=O. The van der Waals surface area contributed by atoms with E-state index in [0.717, 1.165) is 63.3 Å². The van der Waals surface area contributed by atoms with Crippen molar-refractivity contribution in [3.8, 4) is 0 Å². The number of carboxylic acid groups (broad SMARTS) is 1. The first-order chi connectivity index (χ1) is 25.8. The van der Waals surface area contributed by atoms with Gasteiger partial charge in [0.15, 0.2) is 5.78 Å². The minimum atomic E-state index is -0.882. The molecule has 55 heavy (non-hydrogen) atoms. The van der Waals surface area contributed by atoms with Gasteiger partial charge in [-0.3, -0.25) is 19.3 Å². The van der Waals surface area contributed by atoms with Crippen molar-refractivity contribution in [2.75, 3.05) is 33.7 Å². The third-order valence-corrected chi connectivity index (χ3v) is 16.1. The highest BCUT2D eigenvalue weighted by Gasteiger charge is 2.65. The van der Waals surface area contributed by atoms with Gasteiger partial charge < -0.3 is 14.7 Å². The summed E-state index contributed by atoms with van der Waals surface area (Å²) in [5.74, 6) is 1.98. The van der Waals surface area contributed by atoms with Crippen LogP contribution in [0.2, 0.25) is 5.02 Å². The monoisotopic (exact) mass is 779 g/mol. The molecular formula is C47H71ClN2O5. The van der Waals surface area contributed by atoms with Crippen LogP contribution < -0.4 is 0 Å². The smallest absolute Gasteiger partial charge is 0.306 e. The number of carboxylic acids is 1. The Balaban J connectivity index is 1.20. The minimum absolute atomic E-state index is 0.0337. The fourth-order valence-corrected chi connectivity index (χ4v) is 13.5. The molecule has 306 valence electrons. The Hall–Kier alpha value is -2.22. The molecule has 8 heteroatoms. The highest BCUT2D eigenvalue weighted by molar-refractivity contribution is 6.30. The Labute approximate surface area is 337 Å². The van der Waals surface area contributed by atoms with Gasteiger partial charge in [-0.1, -0.05) is 77.8 Å². The number of allylic oxidation sites excluding steroid dienone is 2. The van der Waals surface area contributed by atoms with E-state index in [-0.39, 0.29) is 53.0 Å². The molecule has 6 rings (SSSR count). The van der Waals surface area contributed by atoms with Crippen molar-refractivity contribution in [3.05, 3.63) is 46.0 Å². The van der Waals surface area contributed by atoms with Gasteiger partial charge in [0.2, 0.25) is 0 Å². The number of esters is 1. The van der Waals surface area contributed by atoms with Crippen LogP contribution in [0.25, 0.3) is 0 Å². The summed E-state index contributed by atoms with van der Waals surface area (Å²) in [5, 5.41) is 10.1. The minimum Gasteiger partial charge on any atom is -0.481 e. The standard InChI is InChI=1S/C47H71ClN2O5/c1-30(2)42-37(51)26-47(22-23-50(25-24-49(8)9)29-32-10-12-33(48)13-11-32)21-17-36-34(43(42)47)14-15-39-45(6)20-18-38(31(3)35(45)16-19-46(36,39)7)55-41(54)28-44(4,5)27-40(52)53/h10-13,30-31,34-36,38-39H,14-29H2,1-9H3,(H,52,53). The van der Waals surface area contributed by atoms with Crippen LogP contribution in [0.5, 0.6) is 0 Å². The fourth-order valence-electron chi connectivity index (χ4n) is 13.4. The van der Waals surface area contributed by atoms with E-state index < -0.39 is 11.4 Å². The number of aliphatic carboxylic acids is 1. The van der Waals surface area contributed by atoms with E-state index in [1.54, 1.807) is 5.57 Å². The molecule has 0 radical (unpaired) electrons. The lowest BCUT2D eigenvalue weighted by Crippen LogP contribution is -2.60. The van der Waals surface area contributed by atoms with E-state index in [1.165, 1.54) is 36.8 Å². The number of hydrogen-bond acceptors (Lipinski definition) is 6. The Bertz CT molecular complexity index is 1620. The number of likely N-dealkylation sites (N-methyl/N-ethyl adjacent to an activating group) is 1. The van der Waals surface area contributed by atoms with E-state index >= 15 is 0 Å². The first kappa shape index (κ1) is 42.4. The molecular weight excluding hydrogens is 708 g/mol. The number of benzene rings is 1. The summed E-state index contributed by atoms with van der Waals surface area (Å²) >= 11 is 6.25. The third-order valence-electron chi connectivity index (χ3n) is 15.9. The van der Waals surface area contributed by atoms with Gasteiger partial charge in [0.1, 0.15) is 6.10 Å². The van der Waals surface area contributed by atoms with Gasteiger partial charge in [0, 0.05) is 36.5 Å². The Kier molecular flexibility index (Phi) is 12.5.